The van der Waals surface area contributed by atoms with Gasteiger partial charge >= 0.3 is 0 Å². The smallest absolute Gasteiger partial charge is 0.269 e. The summed E-state index contributed by atoms with van der Waals surface area (Å²) < 4.78 is 29.2. The van der Waals surface area contributed by atoms with E-state index in [1.54, 1.807) is 11.0 Å². The molecule has 0 bridgehead atoms. The summed E-state index contributed by atoms with van der Waals surface area (Å²) >= 11 is 0. The lowest BCUT2D eigenvalue weighted by Crippen LogP contribution is -2.50. The van der Waals surface area contributed by atoms with E-state index in [4.69, 9.17) is 0 Å². The Labute approximate surface area is 210 Å². The number of non-ortho nitro benzene ring substituents is 1. The number of carbonyl (C=O) groups excluding carboxylic acids is 1. The minimum Gasteiger partial charge on any atom is -0.337 e. The Morgan fingerprint density at radius 2 is 1.56 bits per heavy atom. The van der Waals surface area contributed by atoms with Gasteiger partial charge in [-0.1, -0.05) is 17.7 Å². The molecule has 4 rings (SSSR count). The third kappa shape index (κ3) is 5.09. The number of rotatable bonds is 6. The van der Waals surface area contributed by atoms with Gasteiger partial charge in [-0.05, 0) is 62.7 Å². The van der Waals surface area contributed by atoms with Gasteiger partial charge in [-0.15, -0.1) is 0 Å². The molecule has 1 aliphatic rings. The third-order valence-corrected chi connectivity index (χ3v) is 8.32. The molecule has 9 nitrogen and oxygen atoms in total. The van der Waals surface area contributed by atoms with Crippen molar-refractivity contribution in [2.75, 3.05) is 26.2 Å². The van der Waals surface area contributed by atoms with Crippen LogP contribution in [-0.4, -0.2) is 59.2 Å². The quantitative estimate of drug-likeness (QED) is 0.286. The van der Waals surface area contributed by atoms with Crippen LogP contribution in [0.3, 0.4) is 0 Å². The monoisotopic (exact) mass is 508 g/mol. The van der Waals surface area contributed by atoms with Gasteiger partial charge in [-0.3, -0.25) is 14.9 Å². The van der Waals surface area contributed by atoms with Crippen LogP contribution in [0.25, 0.3) is 11.8 Å². The molecular weight excluding hydrogens is 480 g/mol. The number of hydrogen-bond donors (Lipinski definition) is 0. The maximum atomic E-state index is 12.9. The molecule has 0 unspecified atom stereocenters. The largest absolute Gasteiger partial charge is 0.337 e. The minimum atomic E-state index is -3.79. The van der Waals surface area contributed by atoms with E-state index in [9.17, 15) is 23.3 Å². The number of nitro groups is 1. The van der Waals surface area contributed by atoms with Crippen molar-refractivity contribution in [3.8, 4) is 5.69 Å². The van der Waals surface area contributed by atoms with Gasteiger partial charge < -0.3 is 9.47 Å². The van der Waals surface area contributed by atoms with Crippen LogP contribution >= 0.6 is 0 Å². The molecule has 1 aliphatic heterocycles. The summed E-state index contributed by atoms with van der Waals surface area (Å²) in [4.78, 5) is 24.7. The predicted octanol–water partition coefficient (Wildman–Crippen LogP) is 3.86. The predicted molar refractivity (Wildman–Crippen MR) is 137 cm³/mol. The van der Waals surface area contributed by atoms with E-state index in [0.29, 0.717) is 0 Å². The highest BCUT2D eigenvalue weighted by molar-refractivity contribution is 7.89. The molecule has 0 N–H and O–H groups in total. The molecule has 1 fully saturated rings. The van der Waals surface area contributed by atoms with E-state index >= 15 is 0 Å². The van der Waals surface area contributed by atoms with Crippen LogP contribution in [-0.2, 0) is 14.8 Å². The van der Waals surface area contributed by atoms with Crippen molar-refractivity contribution in [3.63, 3.8) is 0 Å². The molecule has 1 amide bonds. The SMILES string of the molecule is Cc1ccc(-n2c(C)cc(C=CC(=O)N3CCN(S(=O)(=O)c4ccc([N+](=O)[O-])cc4)CC3)c2C)cc1. The van der Waals surface area contributed by atoms with Gasteiger partial charge in [0.15, 0.2) is 0 Å². The Hall–Kier alpha value is -3.76. The lowest BCUT2D eigenvalue weighted by atomic mass is 10.2. The van der Waals surface area contributed by atoms with Crippen molar-refractivity contribution in [1.29, 1.82) is 0 Å². The van der Waals surface area contributed by atoms with Gasteiger partial charge in [-0.2, -0.15) is 4.31 Å². The molecule has 188 valence electrons. The average molecular weight is 509 g/mol. The normalized spacial score (nSPS) is 14.9. The molecule has 0 atom stereocenters. The lowest BCUT2D eigenvalue weighted by molar-refractivity contribution is -0.384. The lowest BCUT2D eigenvalue weighted by Gasteiger charge is -2.33. The summed E-state index contributed by atoms with van der Waals surface area (Å²) in [6.07, 6.45) is 3.33. The Balaban J connectivity index is 1.41. The van der Waals surface area contributed by atoms with E-state index in [-0.39, 0.29) is 42.7 Å². The highest BCUT2D eigenvalue weighted by Crippen LogP contribution is 2.23. The standard InChI is InChI=1S/C26H28N4O5S/c1-19-4-7-23(8-5-19)29-20(2)18-22(21(29)3)6-13-26(31)27-14-16-28(17-15-27)36(34,35)25-11-9-24(10-12-25)30(32)33/h4-13,18H,14-17H2,1-3H3. The topological polar surface area (TPSA) is 106 Å². The first-order valence-electron chi connectivity index (χ1n) is 11.6. The van der Waals surface area contributed by atoms with Gasteiger partial charge in [-0.25, -0.2) is 8.42 Å². The van der Waals surface area contributed by atoms with Crippen LogP contribution in [0.5, 0.6) is 0 Å². The fourth-order valence-electron chi connectivity index (χ4n) is 4.35. The number of piperazine rings is 1. The Bertz CT molecular complexity index is 1420. The van der Waals surface area contributed by atoms with Crippen LogP contribution < -0.4 is 0 Å². The van der Waals surface area contributed by atoms with Gasteiger partial charge in [0.05, 0.1) is 9.82 Å². The van der Waals surface area contributed by atoms with E-state index in [2.05, 4.69) is 28.8 Å². The van der Waals surface area contributed by atoms with Crippen LogP contribution in [0.1, 0.15) is 22.5 Å². The minimum absolute atomic E-state index is 0.00305. The molecule has 0 saturated carbocycles. The van der Waals surface area contributed by atoms with Crippen molar-refractivity contribution < 1.29 is 18.1 Å². The van der Waals surface area contributed by atoms with Crippen molar-refractivity contribution in [2.45, 2.75) is 25.7 Å². The third-order valence-electron chi connectivity index (χ3n) is 6.40. The molecule has 2 aromatic carbocycles. The fraction of sp³-hybridized carbons (Fsp3) is 0.269. The molecule has 0 spiro atoms. The van der Waals surface area contributed by atoms with Gasteiger partial charge in [0.1, 0.15) is 0 Å². The summed E-state index contributed by atoms with van der Waals surface area (Å²) in [5, 5.41) is 10.8. The zero-order chi connectivity index (χ0) is 26.0. The first kappa shape index (κ1) is 25.3. The molecule has 1 saturated heterocycles. The fourth-order valence-corrected chi connectivity index (χ4v) is 5.77. The van der Waals surface area contributed by atoms with Crippen molar-refractivity contribution in [1.82, 2.24) is 13.8 Å². The Morgan fingerprint density at radius 1 is 0.944 bits per heavy atom. The molecule has 2 heterocycles. The highest BCUT2D eigenvalue weighted by Gasteiger charge is 2.30. The van der Waals surface area contributed by atoms with Crippen LogP contribution in [0.15, 0.2) is 65.6 Å². The summed E-state index contributed by atoms with van der Waals surface area (Å²) in [5.74, 6) is -0.178. The van der Waals surface area contributed by atoms with Crippen LogP contribution in [0.4, 0.5) is 5.69 Å². The van der Waals surface area contributed by atoms with Gasteiger partial charge in [0, 0.05) is 61.5 Å². The number of sulfonamides is 1. The zero-order valence-corrected chi connectivity index (χ0v) is 21.2. The summed E-state index contributed by atoms with van der Waals surface area (Å²) in [6, 6.07) is 15.1. The number of carbonyl (C=O) groups is 1. The Kier molecular flexibility index (Phi) is 7.09. The summed E-state index contributed by atoms with van der Waals surface area (Å²) in [7, 11) is -3.79. The zero-order valence-electron chi connectivity index (χ0n) is 20.4. The Morgan fingerprint density at radius 3 is 2.14 bits per heavy atom. The first-order valence-corrected chi connectivity index (χ1v) is 13.0. The van der Waals surface area contributed by atoms with Crippen LogP contribution in [0.2, 0.25) is 0 Å². The second kappa shape index (κ2) is 10.1. The number of aryl methyl sites for hydroxylation is 2. The maximum Gasteiger partial charge on any atom is 0.269 e. The second-order valence-corrected chi connectivity index (χ2v) is 10.7. The first-order chi connectivity index (χ1) is 17.1. The maximum absolute atomic E-state index is 12.9. The second-order valence-electron chi connectivity index (χ2n) is 8.81. The van der Waals surface area contributed by atoms with E-state index < -0.39 is 14.9 Å². The number of aromatic nitrogens is 1. The summed E-state index contributed by atoms with van der Waals surface area (Å²) in [6.45, 7) is 6.91. The molecule has 0 aliphatic carbocycles. The van der Waals surface area contributed by atoms with E-state index in [0.717, 1.165) is 22.6 Å². The van der Waals surface area contributed by atoms with Crippen LogP contribution in [0, 0.1) is 30.9 Å². The number of amides is 1. The summed E-state index contributed by atoms with van der Waals surface area (Å²) in [5.41, 5.74) is 5.11. The molecule has 1 aromatic heterocycles. The van der Waals surface area contributed by atoms with Gasteiger partial charge in [0.25, 0.3) is 5.69 Å². The number of hydrogen-bond acceptors (Lipinski definition) is 5. The molecule has 0 radical (unpaired) electrons. The number of nitro benzene ring substituents is 1. The number of benzene rings is 2. The number of nitrogens with zero attached hydrogens (tertiary/aromatic N) is 4. The highest BCUT2D eigenvalue weighted by atomic mass is 32.2. The molecular formula is C26H28N4O5S. The van der Waals surface area contributed by atoms with Gasteiger partial charge in [0.2, 0.25) is 15.9 Å². The van der Waals surface area contributed by atoms with Crippen molar-refractivity contribution >= 4 is 27.7 Å². The average Bonchev–Trinajstić information content (AvgIpc) is 3.16. The van der Waals surface area contributed by atoms with Crippen molar-refractivity contribution in [2.24, 2.45) is 0 Å². The molecule has 10 heteroatoms. The molecule has 36 heavy (non-hydrogen) atoms. The van der Waals surface area contributed by atoms with E-state index in [1.165, 1.54) is 40.2 Å². The van der Waals surface area contributed by atoms with E-state index in [1.807, 2.05) is 26.8 Å². The van der Waals surface area contributed by atoms with Crippen molar-refractivity contribution in [3.05, 3.63) is 93.3 Å². The molecule has 3 aromatic rings.